The molecule has 0 aliphatic heterocycles. The van der Waals surface area contributed by atoms with E-state index in [9.17, 15) is 9.18 Å². The quantitative estimate of drug-likeness (QED) is 0.697. The number of rotatable bonds is 2. The predicted octanol–water partition coefficient (Wildman–Crippen LogP) is 3.19. The molecule has 3 heteroatoms. The first-order chi connectivity index (χ1) is 7.06. The van der Waals surface area contributed by atoms with Crippen LogP contribution in [0.3, 0.4) is 0 Å². The summed E-state index contributed by atoms with van der Waals surface area (Å²) in [6, 6.07) is 6.22. The lowest BCUT2D eigenvalue weighted by Gasteiger charge is -2.02. The third-order valence-electron chi connectivity index (χ3n) is 2.00. The number of carbonyl (C=O) groups excluding carboxylic acids is 1. The number of allylic oxidation sites excluding steroid dienone is 1. The molecule has 2 nitrogen and oxygen atoms in total. The fourth-order valence-electron chi connectivity index (χ4n) is 1.16. The van der Waals surface area contributed by atoms with Crippen LogP contribution in [-0.4, -0.2) is 13.1 Å². The number of carbonyl (C=O) groups is 1. The Hall–Kier alpha value is -1.64. The van der Waals surface area contributed by atoms with Crippen LogP contribution < -0.4 is 0 Å². The molecule has 80 valence electrons. The molecule has 0 fully saturated rings. The van der Waals surface area contributed by atoms with E-state index < -0.39 is 5.97 Å². The van der Waals surface area contributed by atoms with Gasteiger partial charge in [0.1, 0.15) is 5.83 Å². The van der Waals surface area contributed by atoms with Crippen molar-refractivity contribution >= 4 is 11.8 Å². The summed E-state index contributed by atoms with van der Waals surface area (Å²) < 4.78 is 18.0. The van der Waals surface area contributed by atoms with Crippen LogP contribution in [0.1, 0.15) is 29.8 Å². The van der Waals surface area contributed by atoms with Crippen molar-refractivity contribution in [2.45, 2.75) is 13.8 Å². The first-order valence-corrected chi connectivity index (χ1v) is 4.58. The Balaban J connectivity index is 3.01. The van der Waals surface area contributed by atoms with Gasteiger partial charge in [-0.25, -0.2) is 9.18 Å². The number of ether oxygens (including phenoxy) is 1. The van der Waals surface area contributed by atoms with Gasteiger partial charge in [0.15, 0.2) is 0 Å². The Morgan fingerprint density at radius 2 is 1.60 bits per heavy atom. The third kappa shape index (κ3) is 2.65. The Morgan fingerprint density at radius 1 is 1.13 bits per heavy atom. The number of hydrogen-bond donors (Lipinski definition) is 0. The first kappa shape index (κ1) is 11.4. The highest BCUT2D eigenvalue weighted by molar-refractivity contribution is 5.89. The smallest absolute Gasteiger partial charge is 0.337 e. The van der Waals surface area contributed by atoms with E-state index in [1.165, 1.54) is 7.11 Å². The molecule has 15 heavy (non-hydrogen) atoms. The average Bonchev–Trinajstić information content (AvgIpc) is 2.27. The minimum Gasteiger partial charge on any atom is -0.465 e. The van der Waals surface area contributed by atoms with Crippen LogP contribution in [0.2, 0.25) is 0 Å². The Kier molecular flexibility index (Phi) is 3.61. The van der Waals surface area contributed by atoms with Crippen molar-refractivity contribution < 1.29 is 13.9 Å². The van der Waals surface area contributed by atoms with Crippen molar-refractivity contribution in [2.24, 2.45) is 0 Å². The molecule has 0 radical (unpaired) electrons. The largest absolute Gasteiger partial charge is 0.465 e. The molecule has 0 saturated heterocycles. The fraction of sp³-hybridized carbons (Fsp3) is 0.250. The maximum absolute atomic E-state index is 13.4. The van der Waals surface area contributed by atoms with E-state index in [0.29, 0.717) is 16.7 Å². The lowest BCUT2D eigenvalue weighted by Crippen LogP contribution is -2.00. The maximum Gasteiger partial charge on any atom is 0.337 e. The summed E-state index contributed by atoms with van der Waals surface area (Å²) in [6.45, 7) is 3.40. The van der Waals surface area contributed by atoms with E-state index in [2.05, 4.69) is 4.74 Å². The second kappa shape index (κ2) is 4.73. The van der Waals surface area contributed by atoms with Crippen molar-refractivity contribution in [1.82, 2.24) is 0 Å². The van der Waals surface area contributed by atoms with Gasteiger partial charge in [-0.15, -0.1) is 0 Å². The van der Waals surface area contributed by atoms with Crippen molar-refractivity contribution in [1.29, 1.82) is 0 Å². The molecule has 0 unspecified atom stereocenters. The highest BCUT2D eigenvalue weighted by Crippen LogP contribution is 2.20. The van der Waals surface area contributed by atoms with Gasteiger partial charge in [-0.2, -0.15) is 0 Å². The van der Waals surface area contributed by atoms with E-state index in [4.69, 9.17) is 0 Å². The Bertz CT molecular complexity index is 387. The van der Waals surface area contributed by atoms with E-state index in [1.54, 1.807) is 38.1 Å². The molecule has 0 saturated carbocycles. The summed E-state index contributed by atoms with van der Waals surface area (Å²) in [5.41, 5.74) is 1.51. The van der Waals surface area contributed by atoms with Crippen LogP contribution in [0.5, 0.6) is 0 Å². The van der Waals surface area contributed by atoms with E-state index in [0.717, 1.165) is 0 Å². The fourth-order valence-corrected chi connectivity index (χ4v) is 1.16. The number of methoxy groups -OCH3 is 1. The molecule has 1 aromatic carbocycles. The monoisotopic (exact) mass is 208 g/mol. The van der Waals surface area contributed by atoms with E-state index >= 15 is 0 Å². The Morgan fingerprint density at radius 3 is 2.00 bits per heavy atom. The van der Waals surface area contributed by atoms with Crippen LogP contribution in [0.15, 0.2) is 29.8 Å². The van der Waals surface area contributed by atoms with Crippen molar-refractivity contribution in [2.75, 3.05) is 7.11 Å². The highest BCUT2D eigenvalue weighted by Gasteiger charge is 2.06. The molecule has 0 spiro atoms. The number of hydrogen-bond acceptors (Lipinski definition) is 2. The van der Waals surface area contributed by atoms with Gasteiger partial charge in [-0.3, -0.25) is 0 Å². The summed E-state index contributed by atoms with van der Waals surface area (Å²) in [5, 5.41) is 0. The minimum atomic E-state index is -0.417. The molecule has 0 bridgehead atoms. The van der Waals surface area contributed by atoms with Crippen LogP contribution in [-0.2, 0) is 4.74 Å². The summed E-state index contributed by atoms with van der Waals surface area (Å²) in [5.74, 6) is -0.675. The number of benzene rings is 1. The van der Waals surface area contributed by atoms with Crippen molar-refractivity contribution in [3.63, 3.8) is 0 Å². The number of halogens is 1. The molecule has 1 aromatic rings. The summed E-state index contributed by atoms with van der Waals surface area (Å²) in [7, 11) is 1.31. The molecule has 0 heterocycles. The van der Waals surface area contributed by atoms with Crippen LogP contribution in [0.25, 0.3) is 5.83 Å². The van der Waals surface area contributed by atoms with Gasteiger partial charge in [0.05, 0.1) is 12.7 Å². The second-order valence-electron chi connectivity index (χ2n) is 3.38. The van der Waals surface area contributed by atoms with Gasteiger partial charge < -0.3 is 4.74 Å². The molecular weight excluding hydrogens is 195 g/mol. The zero-order chi connectivity index (χ0) is 11.4. The summed E-state index contributed by atoms with van der Waals surface area (Å²) >= 11 is 0. The zero-order valence-electron chi connectivity index (χ0n) is 9.00. The summed E-state index contributed by atoms with van der Waals surface area (Å²) in [4.78, 5) is 11.1. The SMILES string of the molecule is COC(=O)c1ccc(C(F)=C(C)C)cc1. The molecular formula is C12H13FO2. The van der Waals surface area contributed by atoms with Gasteiger partial charge in [0.2, 0.25) is 0 Å². The standard InChI is InChI=1S/C12H13FO2/c1-8(2)11(13)9-4-6-10(7-5-9)12(14)15-3/h4-7H,1-3H3. The van der Waals surface area contributed by atoms with Crippen molar-refractivity contribution in [3.05, 3.63) is 41.0 Å². The molecule has 0 atom stereocenters. The highest BCUT2D eigenvalue weighted by atomic mass is 19.1. The molecule has 0 N–H and O–H groups in total. The normalized spacial score (nSPS) is 9.60. The molecule has 0 aliphatic rings. The number of esters is 1. The van der Waals surface area contributed by atoms with Gasteiger partial charge in [0, 0.05) is 5.56 Å². The van der Waals surface area contributed by atoms with Crippen LogP contribution in [0, 0.1) is 0 Å². The van der Waals surface area contributed by atoms with Gasteiger partial charge in [-0.1, -0.05) is 12.1 Å². The van der Waals surface area contributed by atoms with Gasteiger partial charge in [-0.05, 0) is 31.6 Å². The zero-order valence-corrected chi connectivity index (χ0v) is 9.00. The minimum absolute atomic E-state index is 0.258. The maximum atomic E-state index is 13.4. The summed E-state index contributed by atoms with van der Waals surface area (Å²) in [6.07, 6.45) is 0. The van der Waals surface area contributed by atoms with Crippen LogP contribution in [0.4, 0.5) is 4.39 Å². The molecule has 1 rings (SSSR count). The topological polar surface area (TPSA) is 26.3 Å². The average molecular weight is 208 g/mol. The first-order valence-electron chi connectivity index (χ1n) is 4.58. The lowest BCUT2D eigenvalue weighted by atomic mass is 10.1. The van der Waals surface area contributed by atoms with E-state index in [1.807, 2.05) is 0 Å². The molecule has 0 aromatic heterocycles. The van der Waals surface area contributed by atoms with Gasteiger partial charge in [0.25, 0.3) is 0 Å². The van der Waals surface area contributed by atoms with Crippen molar-refractivity contribution in [3.8, 4) is 0 Å². The van der Waals surface area contributed by atoms with Crippen LogP contribution >= 0.6 is 0 Å². The second-order valence-corrected chi connectivity index (χ2v) is 3.38. The van der Waals surface area contributed by atoms with E-state index in [-0.39, 0.29) is 5.83 Å². The third-order valence-corrected chi connectivity index (χ3v) is 2.00. The lowest BCUT2D eigenvalue weighted by molar-refractivity contribution is 0.0600. The molecule has 0 aliphatic carbocycles. The predicted molar refractivity (Wildman–Crippen MR) is 57.2 cm³/mol. The molecule has 0 amide bonds. The Labute approximate surface area is 88.4 Å². The van der Waals surface area contributed by atoms with Gasteiger partial charge >= 0.3 is 5.97 Å².